The van der Waals surface area contributed by atoms with Gasteiger partial charge in [-0.25, -0.2) is 0 Å². The maximum Gasteiger partial charge on any atom is 0.326 e. The molecule has 1 amide bonds. The van der Waals surface area contributed by atoms with E-state index in [0.717, 1.165) is 29.7 Å². The Morgan fingerprint density at radius 1 is 1.27 bits per heavy atom. The lowest BCUT2D eigenvalue weighted by atomic mass is 10.0. The van der Waals surface area contributed by atoms with Crippen LogP contribution in [-0.2, 0) is 20.9 Å². The first-order valence-electron chi connectivity index (χ1n) is 8.62. The SMILES string of the molecule is CCC[C@@H](NC(=O)[C@H](C)OC(=O)Cn1c(C)csc1=O)c1ccccc1. The fraction of sp³-hybridized carbons (Fsp3) is 0.421. The molecule has 0 aliphatic carbocycles. The molecule has 1 aromatic carbocycles. The van der Waals surface area contributed by atoms with Gasteiger partial charge in [0.15, 0.2) is 6.10 Å². The number of thiazole rings is 1. The zero-order valence-electron chi connectivity index (χ0n) is 15.2. The van der Waals surface area contributed by atoms with Gasteiger partial charge in [-0.2, -0.15) is 0 Å². The number of amides is 1. The molecule has 0 saturated heterocycles. The highest BCUT2D eigenvalue weighted by molar-refractivity contribution is 7.07. The van der Waals surface area contributed by atoms with Crippen LogP contribution in [0, 0.1) is 6.92 Å². The summed E-state index contributed by atoms with van der Waals surface area (Å²) in [6.45, 7) is 5.14. The minimum Gasteiger partial charge on any atom is -0.451 e. The number of nitrogens with one attached hydrogen (secondary N) is 1. The lowest BCUT2D eigenvalue weighted by Gasteiger charge is -2.21. The summed E-state index contributed by atoms with van der Waals surface area (Å²) in [5.74, 6) is -0.960. The number of carbonyl (C=O) groups is 2. The van der Waals surface area contributed by atoms with Crippen LogP contribution in [0.3, 0.4) is 0 Å². The van der Waals surface area contributed by atoms with E-state index in [0.29, 0.717) is 5.69 Å². The first kappa shape index (κ1) is 19.9. The van der Waals surface area contributed by atoms with Crippen molar-refractivity contribution in [1.29, 1.82) is 0 Å². The maximum atomic E-state index is 12.4. The third-order valence-electron chi connectivity index (χ3n) is 4.04. The monoisotopic (exact) mass is 376 g/mol. The molecule has 0 radical (unpaired) electrons. The topological polar surface area (TPSA) is 77.4 Å². The molecule has 0 bridgehead atoms. The normalized spacial score (nSPS) is 13.0. The van der Waals surface area contributed by atoms with E-state index in [1.54, 1.807) is 12.3 Å². The highest BCUT2D eigenvalue weighted by atomic mass is 32.1. The van der Waals surface area contributed by atoms with Crippen LogP contribution in [0.25, 0.3) is 0 Å². The number of aromatic nitrogens is 1. The molecule has 1 N–H and O–H groups in total. The summed E-state index contributed by atoms with van der Waals surface area (Å²) in [5, 5.41) is 4.62. The summed E-state index contributed by atoms with van der Waals surface area (Å²) < 4.78 is 6.54. The second kappa shape index (κ2) is 9.33. The summed E-state index contributed by atoms with van der Waals surface area (Å²) >= 11 is 1.03. The highest BCUT2D eigenvalue weighted by Gasteiger charge is 2.22. The van der Waals surface area contributed by atoms with Gasteiger partial charge in [-0.1, -0.05) is 55.0 Å². The van der Waals surface area contributed by atoms with Gasteiger partial charge in [-0.05, 0) is 25.8 Å². The van der Waals surface area contributed by atoms with Crippen molar-refractivity contribution in [1.82, 2.24) is 9.88 Å². The van der Waals surface area contributed by atoms with Gasteiger partial charge in [0.1, 0.15) is 6.54 Å². The molecular weight excluding hydrogens is 352 g/mol. The molecule has 0 spiro atoms. The molecule has 26 heavy (non-hydrogen) atoms. The van der Waals surface area contributed by atoms with Gasteiger partial charge in [0, 0.05) is 11.1 Å². The third kappa shape index (κ3) is 5.29. The molecule has 2 atom stereocenters. The van der Waals surface area contributed by atoms with E-state index >= 15 is 0 Å². The standard InChI is InChI=1S/C19H24N2O4S/c1-4-8-16(15-9-6-5-7-10-15)20-18(23)14(3)25-17(22)11-21-13(2)12-26-19(21)24/h5-7,9-10,12,14,16H,4,8,11H2,1-3H3,(H,20,23)/t14-,16+/m0/s1. The number of benzene rings is 1. The first-order valence-corrected chi connectivity index (χ1v) is 9.50. The lowest BCUT2D eigenvalue weighted by Crippen LogP contribution is -2.39. The van der Waals surface area contributed by atoms with Crippen molar-refractivity contribution in [2.45, 2.75) is 52.3 Å². The number of carbonyl (C=O) groups excluding carboxylic acids is 2. The van der Waals surface area contributed by atoms with Crippen LogP contribution in [0.4, 0.5) is 0 Å². The van der Waals surface area contributed by atoms with E-state index in [1.807, 2.05) is 37.3 Å². The molecule has 2 aromatic rings. The van der Waals surface area contributed by atoms with Gasteiger partial charge in [-0.15, -0.1) is 0 Å². The molecule has 7 heteroatoms. The van der Waals surface area contributed by atoms with Gasteiger partial charge in [-0.3, -0.25) is 19.0 Å². The fourth-order valence-corrected chi connectivity index (χ4v) is 3.33. The van der Waals surface area contributed by atoms with E-state index in [9.17, 15) is 14.4 Å². The van der Waals surface area contributed by atoms with Crippen LogP contribution in [0.2, 0.25) is 0 Å². The minimum absolute atomic E-state index is 0.128. The Hall–Kier alpha value is -2.41. The zero-order chi connectivity index (χ0) is 19.1. The number of ether oxygens (including phenoxy) is 1. The van der Waals surface area contributed by atoms with E-state index in [4.69, 9.17) is 4.74 Å². The van der Waals surface area contributed by atoms with E-state index in [2.05, 4.69) is 5.32 Å². The van der Waals surface area contributed by atoms with E-state index in [-0.39, 0.29) is 23.4 Å². The first-order chi connectivity index (χ1) is 12.4. The molecule has 1 heterocycles. The number of hydrogen-bond acceptors (Lipinski definition) is 5. The minimum atomic E-state index is -0.930. The summed E-state index contributed by atoms with van der Waals surface area (Å²) in [5.41, 5.74) is 1.71. The summed E-state index contributed by atoms with van der Waals surface area (Å²) in [7, 11) is 0. The van der Waals surface area contributed by atoms with Crippen LogP contribution < -0.4 is 10.2 Å². The predicted octanol–water partition coefficient (Wildman–Crippen LogP) is 2.81. The molecule has 0 aliphatic rings. The van der Waals surface area contributed by atoms with Crippen molar-refractivity contribution in [3.05, 3.63) is 56.6 Å². The molecule has 1 aromatic heterocycles. The number of rotatable bonds is 8. The molecule has 0 fully saturated rings. The summed E-state index contributed by atoms with van der Waals surface area (Å²) in [4.78, 5) is 35.9. The predicted molar refractivity (Wildman–Crippen MR) is 101 cm³/mol. The van der Waals surface area contributed by atoms with Crippen LogP contribution in [0.1, 0.15) is 44.0 Å². The Labute approximate surface area is 156 Å². The Morgan fingerprint density at radius 2 is 1.96 bits per heavy atom. The molecule has 6 nitrogen and oxygen atoms in total. The number of hydrogen-bond donors (Lipinski definition) is 1. The summed E-state index contributed by atoms with van der Waals surface area (Å²) in [6, 6.07) is 9.57. The van der Waals surface area contributed by atoms with Gasteiger partial charge >= 0.3 is 10.8 Å². The number of aryl methyl sites for hydroxylation is 1. The largest absolute Gasteiger partial charge is 0.451 e. The number of nitrogens with zero attached hydrogens (tertiary/aromatic N) is 1. The Bertz CT molecular complexity index is 797. The molecule has 0 saturated carbocycles. The van der Waals surface area contributed by atoms with Crippen molar-refractivity contribution < 1.29 is 14.3 Å². The van der Waals surface area contributed by atoms with E-state index < -0.39 is 12.1 Å². The van der Waals surface area contributed by atoms with Crippen molar-refractivity contribution in [2.75, 3.05) is 0 Å². The van der Waals surface area contributed by atoms with Crippen LogP contribution in [0.5, 0.6) is 0 Å². The third-order valence-corrected chi connectivity index (χ3v) is 4.92. The summed E-state index contributed by atoms with van der Waals surface area (Å²) in [6.07, 6.45) is 0.772. The second-order valence-electron chi connectivity index (χ2n) is 6.12. The second-order valence-corrected chi connectivity index (χ2v) is 6.94. The van der Waals surface area contributed by atoms with Crippen molar-refractivity contribution >= 4 is 23.2 Å². The van der Waals surface area contributed by atoms with Crippen molar-refractivity contribution in [3.63, 3.8) is 0 Å². The molecular formula is C19H24N2O4S. The van der Waals surface area contributed by atoms with Crippen LogP contribution in [-0.4, -0.2) is 22.5 Å². The molecule has 2 rings (SSSR count). The number of esters is 1. The quantitative estimate of drug-likeness (QED) is 0.719. The average Bonchev–Trinajstić information content (AvgIpc) is 2.93. The Morgan fingerprint density at radius 3 is 2.54 bits per heavy atom. The fourth-order valence-electron chi connectivity index (χ4n) is 2.60. The van der Waals surface area contributed by atoms with E-state index in [1.165, 1.54) is 11.5 Å². The van der Waals surface area contributed by atoms with Crippen molar-refractivity contribution in [3.8, 4) is 0 Å². The van der Waals surface area contributed by atoms with Gasteiger partial charge in [0.25, 0.3) is 5.91 Å². The maximum absolute atomic E-state index is 12.4. The van der Waals surface area contributed by atoms with Crippen LogP contribution in [0.15, 0.2) is 40.5 Å². The highest BCUT2D eigenvalue weighted by Crippen LogP contribution is 2.18. The molecule has 0 aliphatic heterocycles. The lowest BCUT2D eigenvalue weighted by molar-refractivity contribution is -0.155. The Kier molecular flexibility index (Phi) is 7.15. The van der Waals surface area contributed by atoms with Gasteiger partial charge in [0.2, 0.25) is 0 Å². The zero-order valence-corrected chi connectivity index (χ0v) is 16.0. The molecule has 140 valence electrons. The molecule has 0 unspecified atom stereocenters. The smallest absolute Gasteiger partial charge is 0.326 e. The van der Waals surface area contributed by atoms with Gasteiger partial charge in [0.05, 0.1) is 6.04 Å². The average molecular weight is 376 g/mol. The van der Waals surface area contributed by atoms with Crippen LogP contribution >= 0.6 is 11.3 Å². The van der Waals surface area contributed by atoms with Gasteiger partial charge < -0.3 is 10.1 Å². The van der Waals surface area contributed by atoms with Crippen molar-refractivity contribution in [2.24, 2.45) is 0 Å². The Balaban J connectivity index is 1.95.